The van der Waals surface area contributed by atoms with Crippen LogP contribution in [0.1, 0.15) is 39.0 Å². The molecule has 0 aliphatic carbocycles. The van der Waals surface area contributed by atoms with E-state index >= 15 is 0 Å². The van der Waals surface area contributed by atoms with Crippen LogP contribution < -0.4 is 10.0 Å². The molecule has 124 valence electrons. The van der Waals surface area contributed by atoms with Crippen LogP contribution in [0.2, 0.25) is 0 Å². The second kappa shape index (κ2) is 7.87. The average Bonchev–Trinajstić information content (AvgIpc) is 2.47. The predicted octanol–water partition coefficient (Wildman–Crippen LogP) is 0.379. The van der Waals surface area contributed by atoms with E-state index in [1.807, 2.05) is 0 Å². The molecule has 2 aliphatic rings. The maximum Gasteiger partial charge on any atom is 0.279 e. The van der Waals surface area contributed by atoms with E-state index in [2.05, 4.69) is 28.9 Å². The van der Waals surface area contributed by atoms with Crippen LogP contribution in [-0.2, 0) is 10.2 Å². The Morgan fingerprint density at radius 1 is 1.10 bits per heavy atom. The van der Waals surface area contributed by atoms with Crippen LogP contribution >= 0.6 is 0 Å². The van der Waals surface area contributed by atoms with Crippen molar-refractivity contribution in [3.05, 3.63) is 0 Å². The zero-order valence-electron chi connectivity index (χ0n) is 13.3. The van der Waals surface area contributed by atoms with E-state index in [0.29, 0.717) is 6.54 Å². The minimum Gasteiger partial charge on any atom is -0.315 e. The van der Waals surface area contributed by atoms with E-state index in [4.69, 9.17) is 0 Å². The molecule has 2 aliphatic heterocycles. The van der Waals surface area contributed by atoms with Crippen LogP contribution in [0.3, 0.4) is 0 Å². The summed E-state index contributed by atoms with van der Waals surface area (Å²) in [7, 11) is -1.27. The molecule has 0 saturated carbocycles. The fraction of sp³-hybridized carbons (Fsp3) is 1.00. The standard InChI is InChI=1S/C14H30N4O2S/c1-3-15-12-14-6-4-5-9-18(14)21(19,20)16-13-7-10-17(2)11-8-13/h13-16H,3-12H2,1-2H3. The van der Waals surface area contributed by atoms with Gasteiger partial charge < -0.3 is 10.2 Å². The van der Waals surface area contributed by atoms with Gasteiger partial charge in [-0.05, 0) is 52.4 Å². The van der Waals surface area contributed by atoms with Crippen LogP contribution in [0.4, 0.5) is 0 Å². The first-order chi connectivity index (χ1) is 10.0. The molecule has 0 aromatic carbocycles. The van der Waals surface area contributed by atoms with Gasteiger partial charge in [-0.25, -0.2) is 0 Å². The average molecular weight is 318 g/mol. The summed E-state index contributed by atoms with van der Waals surface area (Å²) in [6, 6.07) is 0.190. The van der Waals surface area contributed by atoms with Crippen molar-refractivity contribution in [2.24, 2.45) is 0 Å². The molecule has 7 heteroatoms. The lowest BCUT2D eigenvalue weighted by Crippen LogP contribution is -2.55. The largest absolute Gasteiger partial charge is 0.315 e. The van der Waals surface area contributed by atoms with Gasteiger partial charge in [0.25, 0.3) is 10.2 Å². The predicted molar refractivity (Wildman–Crippen MR) is 85.5 cm³/mol. The maximum absolute atomic E-state index is 12.7. The van der Waals surface area contributed by atoms with E-state index in [-0.39, 0.29) is 12.1 Å². The Balaban J connectivity index is 1.95. The molecule has 6 nitrogen and oxygen atoms in total. The van der Waals surface area contributed by atoms with Crippen LogP contribution in [0.5, 0.6) is 0 Å². The van der Waals surface area contributed by atoms with Gasteiger partial charge in [0.15, 0.2) is 0 Å². The topological polar surface area (TPSA) is 64.7 Å². The van der Waals surface area contributed by atoms with Crippen molar-refractivity contribution in [1.82, 2.24) is 19.2 Å². The fourth-order valence-corrected chi connectivity index (χ4v) is 4.94. The maximum atomic E-state index is 12.7. The number of piperidine rings is 2. The van der Waals surface area contributed by atoms with Crippen molar-refractivity contribution in [2.75, 3.05) is 39.8 Å². The molecule has 2 saturated heterocycles. The van der Waals surface area contributed by atoms with Gasteiger partial charge >= 0.3 is 0 Å². The zero-order valence-corrected chi connectivity index (χ0v) is 14.2. The molecular weight excluding hydrogens is 288 g/mol. The van der Waals surface area contributed by atoms with Crippen molar-refractivity contribution in [3.63, 3.8) is 0 Å². The Bertz CT molecular complexity index is 407. The number of nitrogens with one attached hydrogen (secondary N) is 2. The third-order valence-electron chi connectivity index (χ3n) is 4.55. The minimum atomic E-state index is -3.36. The molecule has 0 aromatic heterocycles. The molecule has 2 heterocycles. The normalized spacial score (nSPS) is 27.0. The third-order valence-corrected chi connectivity index (χ3v) is 6.28. The summed E-state index contributed by atoms with van der Waals surface area (Å²) in [5.41, 5.74) is 0. The SMILES string of the molecule is CCNCC1CCCCN1S(=O)(=O)NC1CCN(C)CC1. The lowest BCUT2D eigenvalue weighted by atomic mass is 10.1. The summed E-state index contributed by atoms with van der Waals surface area (Å²) in [4.78, 5) is 2.25. The zero-order chi connectivity index (χ0) is 15.3. The van der Waals surface area contributed by atoms with Gasteiger partial charge in [0.05, 0.1) is 0 Å². The van der Waals surface area contributed by atoms with E-state index in [1.165, 1.54) is 0 Å². The number of hydrogen-bond acceptors (Lipinski definition) is 4. The number of nitrogens with zero attached hydrogens (tertiary/aromatic N) is 2. The van der Waals surface area contributed by atoms with Gasteiger partial charge in [-0.15, -0.1) is 0 Å². The van der Waals surface area contributed by atoms with Crippen molar-refractivity contribution >= 4 is 10.2 Å². The smallest absolute Gasteiger partial charge is 0.279 e. The highest BCUT2D eigenvalue weighted by Crippen LogP contribution is 2.20. The Kier molecular flexibility index (Phi) is 6.43. The Hall–Kier alpha value is -0.210. The first-order valence-electron chi connectivity index (χ1n) is 8.21. The lowest BCUT2D eigenvalue weighted by molar-refractivity contribution is 0.227. The molecule has 1 unspecified atom stereocenters. The third kappa shape index (κ3) is 4.89. The summed E-state index contributed by atoms with van der Waals surface area (Å²) in [5, 5.41) is 3.29. The lowest BCUT2D eigenvalue weighted by Gasteiger charge is -2.37. The summed E-state index contributed by atoms with van der Waals surface area (Å²) in [6.07, 6.45) is 4.86. The molecule has 0 spiro atoms. The second-order valence-corrected chi connectivity index (χ2v) is 7.92. The minimum absolute atomic E-state index is 0.0907. The number of likely N-dealkylation sites (tertiary alicyclic amines) is 1. The Labute approximate surface area is 129 Å². The van der Waals surface area contributed by atoms with Gasteiger partial charge in [-0.1, -0.05) is 13.3 Å². The Morgan fingerprint density at radius 3 is 2.48 bits per heavy atom. The van der Waals surface area contributed by atoms with E-state index < -0.39 is 10.2 Å². The van der Waals surface area contributed by atoms with Gasteiger partial charge in [0, 0.05) is 25.2 Å². The van der Waals surface area contributed by atoms with E-state index in [9.17, 15) is 8.42 Å². The molecule has 2 N–H and O–H groups in total. The molecule has 21 heavy (non-hydrogen) atoms. The van der Waals surface area contributed by atoms with Crippen molar-refractivity contribution in [1.29, 1.82) is 0 Å². The molecular formula is C14H30N4O2S. The van der Waals surface area contributed by atoms with Crippen LogP contribution in [0, 0.1) is 0 Å². The summed E-state index contributed by atoms with van der Waals surface area (Å²) >= 11 is 0. The molecule has 0 radical (unpaired) electrons. The first-order valence-corrected chi connectivity index (χ1v) is 9.65. The van der Waals surface area contributed by atoms with Crippen LogP contribution in [-0.4, -0.2) is 69.5 Å². The second-order valence-electron chi connectivity index (χ2n) is 6.27. The number of likely N-dealkylation sites (N-methyl/N-ethyl adjacent to an activating group) is 1. The molecule has 0 aromatic rings. The highest BCUT2D eigenvalue weighted by Gasteiger charge is 2.33. The van der Waals surface area contributed by atoms with Crippen LogP contribution in [0.15, 0.2) is 0 Å². The fourth-order valence-electron chi connectivity index (χ4n) is 3.21. The van der Waals surface area contributed by atoms with E-state index in [0.717, 1.165) is 58.3 Å². The highest BCUT2D eigenvalue weighted by molar-refractivity contribution is 7.87. The highest BCUT2D eigenvalue weighted by atomic mass is 32.2. The molecule has 1 atom stereocenters. The van der Waals surface area contributed by atoms with E-state index in [1.54, 1.807) is 4.31 Å². The van der Waals surface area contributed by atoms with Crippen LogP contribution in [0.25, 0.3) is 0 Å². The van der Waals surface area contributed by atoms with Gasteiger partial charge in [-0.2, -0.15) is 17.4 Å². The van der Waals surface area contributed by atoms with Gasteiger partial charge in [-0.3, -0.25) is 0 Å². The first kappa shape index (κ1) is 17.1. The van der Waals surface area contributed by atoms with Crippen molar-refractivity contribution in [2.45, 2.75) is 51.1 Å². The number of hydrogen-bond donors (Lipinski definition) is 2. The molecule has 0 bridgehead atoms. The van der Waals surface area contributed by atoms with Crippen molar-refractivity contribution < 1.29 is 8.42 Å². The monoisotopic (exact) mass is 318 g/mol. The van der Waals surface area contributed by atoms with Gasteiger partial charge in [0.2, 0.25) is 0 Å². The molecule has 2 rings (SSSR count). The Morgan fingerprint density at radius 2 is 1.81 bits per heavy atom. The van der Waals surface area contributed by atoms with Crippen molar-refractivity contribution in [3.8, 4) is 0 Å². The summed E-state index contributed by atoms with van der Waals surface area (Å²) in [5.74, 6) is 0. The molecule has 0 amide bonds. The summed E-state index contributed by atoms with van der Waals surface area (Å²) in [6.45, 7) is 6.27. The summed E-state index contributed by atoms with van der Waals surface area (Å²) < 4.78 is 30.0. The van der Waals surface area contributed by atoms with Gasteiger partial charge in [0.1, 0.15) is 0 Å². The molecule has 2 fully saturated rings. The quantitative estimate of drug-likeness (QED) is 0.743. The number of rotatable bonds is 6.